The van der Waals surface area contributed by atoms with E-state index in [0.717, 1.165) is 6.42 Å². The van der Waals surface area contributed by atoms with Crippen LogP contribution < -0.4 is 5.73 Å². The van der Waals surface area contributed by atoms with Crippen LogP contribution in [-0.4, -0.2) is 35.2 Å². The molecule has 0 aliphatic rings. The summed E-state index contributed by atoms with van der Waals surface area (Å²) in [5, 5.41) is 0. The highest BCUT2D eigenvalue weighted by atomic mass is 16.6. The van der Waals surface area contributed by atoms with Gasteiger partial charge in [0, 0.05) is 18.6 Å². The maximum atomic E-state index is 11.9. The van der Waals surface area contributed by atoms with Gasteiger partial charge in [0.15, 0.2) is 0 Å². The highest BCUT2D eigenvalue weighted by molar-refractivity contribution is 5.68. The van der Waals surface area contributed by atoms with Gasteiger partial charge in [0.1, 0.15) is 5.60 Å². The minimum Gasteiger partial charge on any atom is -0.444 e. The quantitative estimate of drug-likeness (QED) is 0.806. The molecule has 0 aliphatic heterocycles. The third-order valence-electron chi connectivity index (χ3n) is 2.08. The van der Waals surface area contributed by atoms with E-state index in [-0.39, 0.29) is 18.2 Å². The highest BCUT2D eigenvalue weighted by Crippen LogP contribution is 2.12. The fourth-order valence-corrected chi connectivity index (χ4v) is 1.22. The molecule has 0 aromatic rings. The molecule has 0 bridgehead atoms. The summed E-state index contributed by atoms with van der Waals surface area (Å²) in [6, 6.07) is 0.234. The maximum Gasteiger partial charge on any atom is 0.410 e. The topological polar surface area (TPSA) is 55.6 Å². The minimum atomic E-state index is -0.446. The Morgan fingerprint density at radius 1 is 1.31 bits per heavy atom. The normalized spacial score (nSPS) is 13.8. The first-order valence-electron chi connectivity index (χ1n) is 5.88. The number of rotatable bonds is 4. The summed E-state index contributed by atoms with van der Waals surface area (Å²) in [4.78, 5) is 13.6. The lowest BCUT2D eigenvalue weighted by molar-refractivity contribution is 0.0186. The zero-order valence-electron chi connectivity index (χ0n) is 11.4. The molecule has 0 aromatic heterocycles. The number of nitrogens with two attached hydrogens (primary N) is 1. The van der Waals surface area contributed by atoms with Crippen LogP contribution in [0.4, 0.5) is 4.79 Å². The third kappa shape index (κ3) is 6.67. The molecule has 4 heteroatoms. The first kappa shape index (κ1) is 15.2. The van der Waals surface area contributed by atoms with Gasteiger partial charge in [0.05, 0.1) is 0 Å². The molecule has 1 amide bonds. The number of hydrogen-bond acceptors (Lipinski definition) is 3. The molecule has 1 atom stereocenters. The summed E-state index contributed by atoms with van der Waals surface area (Å²) >= 11 is 0. The van der Waals surface area contributed by atoms with E-state index in [0.29, 0.717) is 6.54 Å². The fourth-order valence-electron chi connectivity index (χ4n) is 1.22. The van der Waals surface area contributed by atoms with Crippen molar-refractivity contribution < 1.29 is 9.53 Å². The lowest BCUT2D eigenvalue weighted by Crippen LogP contribution is -2.42. The summed E-state index contributed by atoms with van der Waals surface area (Å²) in [6.45, 7) is 12.1. The van der Waals surface area contributed by atoms with Crippen molar-refractivity contribution in [2.75, 3.05) is 6.54 Å². The summed E-state index contributed by atoms with van der Waals surface area (Å²) < 4.78 is 5.34. The molecule has 0 fully saturated rings. The number of carbonyl (C=O) groups is 1. The molecule has 0 saturated heterocycles. The molecule has 2 N–H and O–H groups in total. The van der Waals surface area contributed by atoms with Crippen molar-refractivity contribution in [1.29, 1.82) is 0 Å². The number of carbonyl (C=O) groups excluding carboxylic acids is 1. The second kappa shape index (κ2) is 6.09. The van der Waals surface area contributed by atoms with E-state index < -0.39 is 5.60 Å². The van der Waals surface area contributed by atoms with E-state index in [9.17, 15) is 4.79 Å². The zero-order valence-corrected chi connectivity index (χ0v) is 11.4. The van der Waals surface area contributed by atoms with E-state index in [1.807, 2.05) is 41.5 Å². The Labute approximate surface area is 99.1 Å². The van der Waals surface area contributed by atoms with Crippen molar-refractivity contribution >= 4 is 6.09 Å². The average molecular weight is 230 g/mol. The second-order valence-corrected chi connectivity index (χ2v) is 5.53. The zero-order chi connectivity index (χ0) is 12.9. The summed E-state index contributed by atoms with van der Waals surface area (Å²) in [5.74, 6) is 0. The lowest BCUT2D eigenvalue weighted by Gasteiger charge is -2.30. The van der Waals surface area contributed by atoms with E-state index in [4.69, 9.17) is 10.5 Å². The van der Waals surface area contributed by atoms with E-state index in [1.165, 1.54) is 0 Å². The van der Waals surface area contributed by atoms with Crippen LogP contribution in [-0.2, 0) is 4.74 Å². The highest BCUT2D eigenvalue weighted by Gasteiger charge is 2.23. The van der Waals surface area contributed by atoms with E-state index in [1.54, 1.807) is 4.90 Å². The van der Waals surface area contributed by atoms with Gasteiger partial charge in [-0.2, -0.15) is 0 Å². The standard InChI is InChI=1S/C12H26N2O2/c1-9(2)14(8-7-10(3)13)11(15)16-12(4,5)6/h9-10H,7-8,13H2,1-6H3/t10-/m1/s1. The molecule has 0 aliphatic carbocycles. The summed E-state index contributed by atoms with van der Waals surface area (Å²) in [6.07, 6.45) is 0.528. The lowest BCUT2D eigenvalue weighted by atomic mass is 10.2. The van der Waals surface area contributed by atoms with Crippen LogP contribution in [0.2, 0.25) is 0 Å². The Bertz CT molecular complexity index is 220. The smallest absolute Gasteiger partial charge is 0.410 e. The van der Waals surface area contributed by atoms with Crippen LogP contribution in [0.1, 0.15) is 48.0 Å². The molecule has 0 rings (SSSR count). The van der Waals surface area contributed by atoms with Gasteiger partial charge >= 0.3 is 6.09 Å². The predicted molar refractivity (Wildman–Crippen MR) is 66.3 cm³/mol. The van der Waals surface area contributed by atoms with E-state index >= 15 is 0 Å². The summed E-state index contributed by atoms with van der Waals surface area (Å²) in [7, 11) is 0. The van der Waals surface area contributed by atoms with Crippen LogP contribution in [0, 0.1) is 0 Å². The molecule has 0 radical (unpaired) electrons. The largest absolute Gasteiger partial charge is 0.444 e. The SMILES string of the molecule is CC(C)N(CC[C@@H](C)N)C(=O)OC(C)(C)C. The van der Waals surface area contributed by atoms with Gasteiger partial charge in [0.25, 0.3) is 0 Å². The van der Waals surface area contributed by atoms with Crippen LogP contribution in [0.5, 0.6) is 0 Å². The molecule has 0 heterocycles. The van der Waals surface area contributed by atoms with Gasteiger partial charge in [0.2, 0.25) is 0 Å². The van der Waals surface area contributed by atoms with Gasteiger partial charge in [-0.3, -0.25) is 0 Å². The third-order valence-corrected chi connectivity index (χ3v) is 2.08. The van der Waals surface area contributed by atoms with Crippen molar-refractivity contribution in [3.05, 3.63) is 0 Å². The predicted octanol–water partition coefficient (Wildman–Crippen LogP) is 2.37. The van der Waals surface area contributed by atoms with E-state index in [2.05, 4.69) is 0 Å². The monoisotopic (exact) mass is 230 g/mol. The number of amides is 1. The molecular formula is C12H26N2O2. The van der Waals surface area contributed by atoms with Gasteiger partial charge in [-0.05, 0) is 48.0 Å². The van der Waals surface area contributed by atoms with Gasteiger partial charge in [-0.15, -0.1) is 0 Å². The molecule has 0 spiro atoms. The Hall–Kier alpha value is -0.770. The van der Waals surface area contributed by atoms with Crippen LogP contribution in [0.25, 0.3) is 0 Å². The van der Waals surface area contributed by atoms with Gasteiger partial charge in [-0.25, -0.2) is 4.79 Å². The first-order valence-corrected chi connectivity index (χ1v) is 5.88. The average Bonchev–Trinajstić information content (AvgIpc) is 1.98. The molecular weight excluding hydrogens is 204 g/mol. The van der Waals surface area contributed by atoms with Gasteiger partial charge < -0.3 is 15.4 Å². The summed E-state index contributed by atoms with van der Waals surface area (Å²) in [5.41, 5.74) is 5.24. The van der Waals surface area contributed by atoms with Crippen molar-refractivity contribution in [2.24, 2.45) is 5.73 Å². The molecule has 16 heavy (non-hydrogen) atoms. The minimum absolute atomic E-state index is 0.101. The van der Waals surface area contributed by atoms with Crippen molar-refractivity contribution in [3.63, 3.8) is 0 Å². The molecule has 4 nitrogen and oxygen atoms in total. The molecule has 96 valence electrons. The Kier molecular flexibility index (Phi) is 5.79. The van der Waals surface area contributed by atoms with Crippen molar-refractivity contribution in [3.8, 4) is 0 Å². The number of ether oxygens (including phenoxy) is 1. The molecule has 0 aromatic carbocycles. The number of nitrogens with zero attached hydrogens (tertiary/aromatic N) is 1. The molecule has 0 saturated carbocycles. The maximum absolute atomic E-state index is 11.9. The van der Waals surface area contributed by atoms with Gasteiger partial charge in [-0.1, -0.05) is 0 Å². The van der Waals surface area contributed by atoms with Crippen molar-refractivity contribution in [1.82, 2.24) is 4.90 Å². The second-order valence-electron chi connectivity index (χ2n) is 5.53. The Morgan fingerprint density at radius 3 is 2.12 bits per heavy atom. The Morgan fingerprint density at radius 2 is 1.81 bits per heavy atom. The fraction of sp³-hybridized carbons (Fsp3) is 0.917. The number of hydrogen-bond donors (Lipinski definition) is 1. The van der Waals surface area contributed by atoms with Crippen LogP contribution >= 0.6 is 0 Å². The van der Waals surface area contributed by atoms with Crippen LogP contribution in [0.15, 0.2) is 0 Å². The van der Waals surface area contributed by atoms with Crippen molar-refractivity contribution in [2.45, 2.75) is 65.6 Å². The molecule has 0 unspecified atom stereocenters. The first-order chi connectivity index (χ1) is 7.13. The Balaban J connectivity index is 4.36. The van der Waals surface area contributed by atoms with Crippen LogP contribution in [0.3, 0.4) is 0 Å².